The Morgan fingerprint density at radius 2 is 2.05 bits per heavy atom. The third kappa shape index (κ3) is 5.69. The normalized spacial score (nSPS) is 10.2. The van der Waals surface area contributed by atoms with Gasteiger partial charge < -0.3 is 10.6 Å². The van der Waals surface area contributed by atoms with Crippen LogP contribution in [-0.4, -0.2) is 11.8 Å². The fourth-order valence-corrected chi connectivity index (χ4v) is 2.88. The van der Waals surface area contributed by atoms with Crippen LogP contribution in [-0.2, 0) is 22.6 Å². The molecule has 1 aromatic heterocycles. The lowest BCUT2D eigenvalue weighted by molar-refractivity contribution is -0.121. The molecule has 0 aliphatic rings. The first-order chi connectivity index (χ1) is 10.6. The number of carbonyl (C=O) groups is 2. The summed E-state index contributed by atoms with van der Waals surface area (Å²) < 4.78 is 0. The van der Waals surface area contributed by atoms with Crippen molar-refractivity contribution >= 4 is 28.8 Å². The van der Waals surface area contributed by atoms with Gasteiger partial charge in [-0.3, -0.25) is 9.59 Å². The van der Waals surface area contributed by atoms with E-state index in [0.717, 1.165) is 24.1 Å². The van der Waals surface area contributed by atoms with Crippen molar-refractivity contribution in [3.05, 3.63) is 52.2 Å². The van der Waals surface area contributed by atoms with Gasteiger partial charge >= 0.3 is 0 Å². The number of nitrogens with one attached hydrogen (secondary N) is 2. The Morgan fingerprint density at radius 1 is 1.18 bits per heavy atom. The Balaban J connectivity index is 1.72. The Labute approximate surface area is 134 Å². The highest BCUT2D eigenvalue weighted by atomic mass is 32.1. The van der Waals surface area contributed by atoms with Crippen molar-refractivity contribution < 1.29 is 9.59 Å². The van der Waals surface area contributed by atoms with Gasteiger partial charge in [0.05, 0.1) is 0 Å². The van der Waals surface area contributed by atoms with Crippen molar-refractivity contribution in [2.45, 2.75) is 32.7 Å². The molecule has 0 fully saturated rings. The van der Waals surface area contributed by atoms with E-state index in [1.54, 1.807) is 11.3 Å². The maximum absolute atomic E-state index is 11.8. The molecule has 1 aromatic carbocycles. The van der Waals surface area contributed by atoms with E-state index in [1.807, 2.05) is 30.3 Å². The molecule has 0 saturated heterocycles. The van der Waals surface area contributed by atoms with E-state index in [0.29, 0.717) is 13.0 Å². The summed E-state index contributed by atoms with van der Waals surface area (Å²) in [5.74, 6) is -0.0451. The molecule has 5 heteroatoms. The summed E-state index contributed by atoms with van der Waals surface area (Å²) in [6.07, 6.45) is 2.34. The molecule has 2 amide bonds. The topological polar surface area (TPSA) is 58.2 Å². The zero-order chi connectivity index (χ0) is 15.8. The maximum atomic E-state index is 11.8. The second kappa shape index (κ2) is 8.34. The second-order valence-electron chi connectivity index (χ2n) is 5.09. The van der Waals surface area contributed by atoms with E-state index in [-0.39, 0.29) is 11.8 Å². The van der Waals surface area contributed by atoms with Crippen LogP contribution in [0.15, 0.2) is 41.8 Å². The number of aryl methyl sites for hydroxylation is 1. The Kier molecular flexibility index (Phi) is 6.15. The summed E-state index contributed by atoms with van der Waals surface area (Å²) in [6, 6.07) is 11.6. The van der Waals surface area contributed by atoms with Crippen LogP contribution in [0, 0.1) is 0 Å². The van der Waals surface area contributed by atoms with Crippen LogP contribution in [0.3, 0.4) is 0 Å². The number of amides is 2. The maximum Gasteiger partial charge on any atom is 0.221 e. The molecule has 0 aliphatic carbocycles. The van der Waals surface area contributed by atoms with Gasteiger partial charge in [0.2, 0.25) is 11.8 Å². The molecule has 2 N–H and O–H groups in total. The molecule has 0 unspecified atom stereocenters. The van der Waals surface area contributed by atoms with Crippen LogP contribution >= 0.6 is 11.3 Å². The first-order valence-corrected chi connectivity index (χ1v) is 8.17. The van der Waals surface area contributed by atoms with E-state index in [1.165, 1.54) is 11.8 Å². The smallest absolute Gasteiger partial charge is 0.221 e. The van der Waals surface area contributed by atoms with E-state index >= 15 is 0 Å². The number of anilines is 1. The zero-order valence-corrected chi connectivity index (χ0v) is 13.4. The SMILES string of the molecule is CC(=O)Nc1cccc(CNC(=O)CCCc2cccs2)c1. The average molecular weight is 316 g/mol. The van der Waals surface area contributed by atoms with Gasteiger partial charge in [-0.05, 0) is 42.0 Å². The standard InChI is InChI=1S/C17H20N2O2S/c1-13(20)19-15-6-2-5-14(11-15)12-18-17(21)9-3-7-16-8-4-10-22-16/h2,4-6,8,10-11H,3,7,9,12H2,1H3,(H,18,21)(H,19,20). The summed E-state index contributed by atoms with van der Waals surface area (Å²) in [5, 5.41) is 7.70. The largest absolute Gasteiger partial charge is 0.352 e. The van der Waals surface area contributed by atoms with Crippen LogP contribution in [0.4, 0.5) is 5.69 Å². The molecule has 0 spiro atoms. The minimum absolute atomic E-state index is 0.0569. The fraction of sp³-hybridized carbons (Fsp3) is 0.294. The molecule has 22 heavy (non-hydrogen) atoms. The molecule has 1 heterocycles. The molecule has 0 atom stereocenters. The molecule has 0 radical (unpaired) electrons. The molecule has 4 nitrogen and oxygen atoms in total. The Bertz CT molecular complexity index is 623. The molecular weight excluding hydrogens is 296 g/mol. The van der Waals surface area contributed by atoms with Crippen molar-refractivity contribution in [1.29, 1.82) is 0 Å². The Hall–Kier alpha value is -2.14. The lowest BCUT2D eigenvalue weighted by atomic mass is 10.2. The monoisotopic (exact) mass is 316 g/mol. The van der Waals surface area contributed by atoms with E-state index in [4.69, 9.17) is 0 Å². The van der Waals surface area contributed by atoms with E-state index < -0.39 is 0 Å². The highest BCUT2D eigenvalue weighted by Crippen LogP contribution is 2.12. The number of rotatable bonds is 7. The highest BCUT2D eigenvalue weighted by molar-refractivity contribution is 7.09. The number of carbonyl (C=O) groups excluding carboxylic acids is 2. The quantitative estimate of drug-likeness (QED) is 0.823. The van der Waals surface area contributed by atoms with E-state index in [2.05, 4.69) is 22.1 Å². The van der Waals surface area contributed by atoms with Crippen molar-refractivity contribution in [2.24, 2.45) is 0 Å². The number of hydrogen-bond acceptors (Lipinski definition) is 3. The van der Waals surface area contributed by atoms with Gasteiger partial charge in [0, 0.05) is 30.5 Å². The van der Waals surface area contributed by atoms with Crippen molar-refractivity contribution in [3.8, 4) is 0 Å². The van der Waals surface area contributed by atoms with Crippen LogP contribution in [0.1, 0.15) is 30.2 Å². The number of benzene rings is 1. The van der Waals surface area contributed by atoms with Crippen LogP contribution in [0.2, 0.25) is 0 Å². The van der Waals surface area contributed by atoms with Gasteiger partial charge in [-0.25, -0.2) is 0 Å². The molecule has 2 rings (SSSR count). The Morgan fingerprint density at radius 3 is 2.77 bits per heavy atom. The minimum Gasteiger partial charge on any atom is -0.352 e. The molecular formula is C17H20N2O2S. The van der Waals surface area contributed by atoms with Crippen molar-refractivity contribution in [2.75, 3.05) is 5.32 Å². The first-order valence-electron chi connectivity index (χ1n) is 7.29. The molecule has 0 aliphatic heterocycles. The number of hydrogen-bond donors (Lipinski definition) is 2. The predicted molar refractivity (Wildman–Crippen MR) is 89.8 cm³/mol. The van der Waals surface area contributed by atoms with Crippen LogP contribution in [0.25, 0.3) is 0 Å². The van der Waals surface area contributed by atoms with Gasteiger partial charge in [0.15, 0.2) is 0 Å². The van der Waals surface area contributed by atoms with Crippen molar-refractivity contribution in [3.63, 3.8) is 0 Å². The van der Waals surface area contributed by atoms with Gasteiger partial charge in [-0.1, -0.05) is 18.2 Å². The average Bonchev–Trinajstić information content (AvgIpc) is 2.98. The van der Waals surface area contributed by atoms with Gasteiger partial charge in [-0.2, -0.15) is 0 Å². The summed E-state index contributed by atoms with van der Waals surface area (Å²) in [4.78, 5) is 24.2. The molecule has 116 valence electrons. The molecule has 2 aromatic rings. The van der Waals surface area contributed by atoms with Gasteiger partial charge in [0.1, 0.15) is 0 Å². The van der Waals surface area contributed by atoms with E-state index in [9.17, 15) is 9.59 Å². The third-order valence-electron chi connectivity index (χ3n) is 3.14. The molecule has 0 bridgehead atoms. The third-order valence-corrected chi connectivity index (χ3v) is 4.08. The van der Waals surface area contributed by atoms with Gasteiger partial charge in [0.25, 0.3) is 0 Å². The minimum atomic E-state index is -0.102. The highest BCUT2D eigenvalue weighted by Gasteiger charge is 2.03. The zero-order valence-electron chi connectivity index (χ0n) is 12.6. The fourth-order valence-electron chi connectivity index (χ4n) is 2.13. The summed E-state index contributed by atoms with van der Waals surface area (Å²) in [5.41, 5.74) is 1.72. The summed E-state index contributed by atoms with van der Waals surface area (Å²) in [6.45, 7) is 1.95. The second-order valence-corrected chi connectivity index (χ2v) is 6.12. The lowest BCUT2D eigenvalue weighted by Gasteiger charge is -2.07. The number of thiophene rings is 1. The summed E-state index contributed by atoms with van der Waals surface area (Å²) in [7, 11) is 0. The first kappa shape index (κ1) is 16.2. The lowest BCUT2D eigenvalue weighted by Crippen LogP contribution is -2.22. The molecule has 0 saturated carbocycles. The van der Waals surface area contributed by atoms with Crippen LogP contribution < -0.4 is 10.6 Å². The van der Waals surface area contributed by atoms with Crippen molar-refractivity contribution in [1.82, 2.24) is 5.32 Å². The summed E-state index contributed by atoms with van der Waals surface area (Å²) >= 11 is 1.73. The predicted octanol–water partition coefficient (Wildman–Crippen LogP) is 3.35. The van der Waals surface area contributed by atoms with Crippen LogP contribution in [0.5, 0.6) is 0 Å². The van der Waals surface area contributed by atoms with Gasteiger partial charge in [-0.15, -0.1) is 11.3 Å².